The second kappa shape index (κ2) is 8.91. The van der Waals surface area contributed by atoms with Gasteiger partial charge in [0, 0.05) is 0 Å². The Kier molecular flexibility index (Phi) is 6.11. The average molecular weight is 442 g/mol. The predicted molar refractivity (Wildman–Crippen MR) is 126 cm³/mol. The SMILES string of the molecule is PC(C[As](c1ccccc1)c1ccccc1)(c1ccccc1)c1ccccc1. The van der Waals surface area contributed by atoms with Gasteiger partial charge in [-0.05, 0) is 0 Å². The van der Waals surface area contributed by atoms with Crippen LogP contribution in [0.2, 0.25) is 5.21 Å². The van der Waals surface area contributed by atoms with E-state index >= 15 is 0 Å². The fourth-order valence-electron chi connectivity index (χ4n) is 3.62. The van der Waals surface area contributed by atoms with Gasteiger partial charge in [0.25, 0.3) is 0 Å². The number of hydrogen-bond acceptors (Lipinski definition) is 0. The molecule has 0 radical (unpaired) electrons. The van der Waals surface area contributed by atoms with Gasteiger partial charge in [-0.2, -0.15) is 0 Å². The van der Waals surface area contributed by atoms with Gasteiger partial charge in [0.05, 0.1) is 0 Å². The molecule has 0 aromatic heterocycles. The molecule has 0 saturated carbocycles. The zero-order chi connectivity index (χ0) is 19.2. The van der Waals surface area contributed by atoms with E-state index in [-0.39, 0.29) is 5.16 Å². The van der Waals surface area contributed by atoms with Gasteiger partial charge in [-0.25, -0.2) is 0 Å². The molecular formula is C26H24AsP. The predicted octanol–water partition coefficient (Wildman–Crippen LogP) is 5.11. The zero-order valence-corrected chi connectivity index (χ0v) is 18.8. The molecule has 0 amide bonds. The maximum atomic E-state index is 3.23. The molecule has 0 aliphatic rings. The molecule has 0 fully saturated rings. The Morgan fingerprint density at radius 3 is 1.18 bits per heavy atom. The van der Waals surface area contributed by atoms with Crippen LogP contribution < -0.4 is 8.70 Å². The second-order valence-corrected chi connectivity index (χ2v) is 12.6. The third-order valence-electron chi connectivity index (χ3n) is 5.12. The van der Waals surface area contributed by atoms with Gasteiger partial charge in [0.1, 0.15) is 0 Å². The summed E-state index contributed by atoms with van der Waals surface area (Å²) in [5, 5.41) is 1.01. The summed E-state index contributed by atoms with van der Waals surface area (Å²) in [5.41, 5.74) is 2.72. The Balaban J connectivity index is 1.84. The van der Waals surface area contributed by atoms with E-state index in [0.717, 1.165) is 5.21 Å². The van der Waals surface area contributed by atoms with Gasteiger partial charge in [0.15, 0.2) is 0 Å². The second-order valence-electron chi connectivity index (χ2n) is 6.96. The third kappa shape index (κ3) is 4.15. The first-order valence-corrected chi connectivity index (χ1v) is 13.3. The molecule has 4 rings (SSSR count). The Labute approximate surface area is 175 Å². The molecule has 4 aromatic rings. The van der Waals surface area contributed by atoms with Crippen LogP contribution in [0, 0.1) is 0 Å². The van der Waals surface area contributed by atoms with E-state index in [2.05, 4.69) is 131 Å². The van der Waals surface area contributed by atoms with Gasteiger partial charge in [-0.3, -0.25) is 0 Å². The van der Waals surface area contributed by atoms with Crippen LogP contribution in [0.3, 0.4) is 0 Å². The number of rotatable bonds is 6. The molecule has 0 N–H and O–H groups in total. The summed E-state index contributed by atoms with van der Waals surface area (Å²) in [7, 11) is 3.23. The summed E-state index contributed by atoms with van der Waals surface area (Å²) in [6.07, 6.45) is 0. The van der Waals surface area contributed by atoms with Crippen LogP contribution >= 0.6 is 9.24 Å². The van der Waals surface area contributed by atoms with Crippen molar-refractivity contribution in [2.75, 3.05) is 0 Å². The molecule has 138 valence electrons. The Bertz CT molecular complexity index is 907. The molecule has 0 saturated heterocycles. The van der Waals surface area contributed by atoms with Crippen LogP contribution in [-0.2, 0) is 5.16 Å². The average Bonchev–Trinajstić information content (AvgIpc) is 2.80. The molecule has 0 aliphatic carbocycles. The van der Waals surface area contributed by atoms with Crippen LogP contribution in [0.15, 0.2) is 121 Å². The van der Waals surface area contributed by atoms with Crippen LogP contribution in [0.25, 0.3) is 0 Å². The summed E-state index contributed by atoms with van der Waals surface area (Å²) in [6, 6.07) is 44.1. The van der Waals surface area contributed by atoms with Crippen LogP contribution in [0.5, 0.6) is 0 Å². The third-order valence-corrected chi connectivity index (χ3v) is 12.3. The fourth-order valence-corrected chi connectivity index (χ4v) is 10.4. The summed E-state index contributed by atoms with van der Waals surface area (Å²) >= 11 is -1.52. The Hall–Kier alpha value is -2.13. The van der Waals surface area contributed by atoms with E-state index in [1.54, 1.807) is 0 Å². The van der Waals surface area contributed by atoms with Crippen molar-refractivity contribution in [2.45, 2.75) is 10.4 Å². The molecule has 1 atom stereocenters. The molecule has 0 bridgehead atoms. The summed E-state index contributed by atoms with van der Waals surface area (Å²) < 4.78 is 3.00. The van der Waals surface area contributed by atoms with E-state index in [9.17, 15) is 0 Å². The van der Waals surface area contributed by atoms with Crippen LogP contribution in [-0.4, -0.2) is 14.7 Å². The van der Waals surface area contributed by atoms with Crippen molar-refractivity contribution in [2.24, 2.45) is 0 Å². The van der Waals surface area contributed by atoms with Gasteiger partial charge < -0.3 is 0 Å². The standard InChI is InChI=1S/C26H24AsP/c28-26(22-13-5-1-6-14-22,23-15-7-2-8-16-23)21-27(24-17-9-3-10-18-24)25-19-11-4-12-20-25/h1-20H,21,28H2. The number of hydrogen-bond donors (Lipinski definition) is 0. The molecule has 28 heavy (non-hydrogen) atoms. The van der Waals surface area contributed by atoms with E-state index in [0.29, 0.717) is 0 Å². The molecular weight excluding hydrogens is 418 g/mol. The van der Waals surface area contributed by atoms with Gasteiger partial charge in [0.2, 0.25) is 0 Å². The van der Waals surface area contributed by atoms with Crippen LogP contribution in [0.1, 0.15) is 11.1 Å². The Morgan fingerprint density at radius 1 is 0.500 bits per heavy atom. The van der Waals surface area contributed by atoms with Gasteiger partial charge in [-0.15, -0.1) is 0 Å². The first-order chi connectivity index (χ1) is 13.8. The van der Waals surface area contributed by atoms with Crippen molar-refractivity contribution in [1.29, 1.82) is 0 Å². The molecule has 2 heteroatoms. The normalized spacial score (nSPS) is 11.5. The minimum absolute atomic E-state index is 0.103. The summed E-state index contributed by atoms with van der Waals surface area (Å²) in [6.45, 7) is 0. The fraction of sp³-hybridized carbons (Fsp3) is 0.0769. The van der Waals surface area contributed by atoms with Crippen molar-refractivity contribution in [3.63, 3.8) is 0 Å². The van der Waals surface area contributed by atoms with Crippen LogP contribution in [0.4, 0.5) is 0 Å². The van der Waals surface area contributed by atoms with Crippen molar-refractivity contribution in [1.82, 2.24) is 0 Å². The topological polar surface area (TPSA) is 0 Å². The molecule has 0 heterocycles. The van der Waals surface area contributed by atoms with E-state index in [1.807, 2.05) is 0 Å². The van der Waals surface area contributed by atoms with E-state index in [4.69, 9.17) is 0 Å². The molecule has 0 spiro atoms. The van der Waals surface area contributed by atoms with Gasteiger partial charge >= 0.3 is 175 Å². The molecule has 1 unspecified atom stereocenters. The molecule has 0 nitrogen and oxygen atoms in total. The van der Waals surface area contributed by atoms with Crippen molar-refractivity contribution >= 4 is 32.6 Å². The zero-order valence-electron chi connectivity index (χ0n) is 15.8. The first kappa shape index (κ1) is 19.2. The van der Waals surface area contributed by atoms with Gasteiger partial charge in [-0.1, -0.05) is 0 Å². The quantitative estimate of drug-likeness (QED) is 0.288. The summed E-state index contributed by atoms with van der Waals surface area (Å²) in [5.74, 6) is 0. The van der Waals surface area contributed by atoms with E-state index < -0.39 is 14.7 Å². The number of benzene rings is 4. The molecule has 0 aliphatic heterocycles. The van der Waals surface area contributed by atoms with E-state index in [1.165, 1.54) is 19.8 Å². The van der Waals surface area contributed by atoms with Crippen molar-refractivity contribution in [3.05, 3.63) is 132 Å². The van der Waals surface area contributed by atoms with Crippen molar-refractivity contribution in [3.8, 4) is 0 Å². The molecule has 4 aromatic carbocycles. The monoisotopic (exact) mass is 442 g/mol. The maximum absolute atomic E-state index is 3.23. The summed E-state index contributed by atoms with van der Waals surface area (Å²) in [4.78, 5) is 0. The minimum atomic E-state index is -1.52. The Morgan fingerprint density at radius 2 is 0.821 bits per heavy atom. The first-order valence-electron chi connectivity index (χ1n) is 9.55. The van der Waals surface area contributed by atoms with Crippen molar-refractivity contribution < 1.29 is 0 Å².